The first kappa shape index (κ1) is 17.8. The number of hydrogen-bond donors (Lipinski definition) is 3. The molecule has 0 aromatic rings. The quantitative estimate of drug-likeness (QED) is 0.675. The third-order valence-corrected chi connectivity index (χ3v) is 4.81. The van der Waals surface area contributed by atoms with Gasteiger partial charge in [-0.2, -0.15) is 0 Å². The summed E-state index contributed by atoms with van der Waals surface area (Å²) in [5.41, 5.74) is -0.893. The fraction of sp³-hybridized carbons (Fsp3) is 0.875. The van der Waals surface area contributed by atoms with Crippen LogP contribution in [0.1, 0.15) is 65.7 Å². The summed E-state index contributed by atoms with van der Waals surface area (Å²) < 4.78 is 0. The second-order valence-electron chi connectivity index (χ2n) is 6.55. The second kappa shape index (κ2) is 8.25. The zero-order valence-electron chi connectivity index (χ0n) is 13.6. The molecule has 1 unspecified atom stereocenters. The molecule has 1 atom stereocenters. The maximum Gasteiger partial charge on any atom is 0.315 e. The summed E-state index contributed by atoms with van der Waals surface area (Å²) in [6.07, 6.45) is 7.43. The highest BCUT2D eigenvalue weighted by molar-refractivity contribution is 5.77. The van der Waals surface area contributed by atoms with E-state index in [0.717, 1.165) is 18.8 Å². The minimum atomic E-state index is -0.893. The molecule has 1 fully saturated rings. The van der Waals surface area contributed by atoms with Crippen molar-refractivity contribution in [3.05, 3.63) is 0 Å². The lowest BCUT2D eigenvalue weighted by Gasteiger charge is -2.29. The molecule has 0 spiro atoms. The number of nitrogens with one attached hydrogen (secondary N) is 2. The van der Waals surface area contributed by atoms with Crippen LogP contribution in [0.3, 0.4) is 0 Å². The first-order chi connectivity index (χ1) is 9.91. The van der Waals surface area contributed by atoms with Gasteiger partial charge in [-0.3, -0.25) is 4.79 Å². The van der Waals surface area contributed by atoms with E-state index >= 15 is 0 Å². The molecule has 1 aliphatic carbocycles. The average molecular weight is 298 g/mol. The summed E-state index contributed by atoms with van der Waals surface area (Å²) in [4.78, 5) is 23.1. The number of carbonyl (C=O) groups excluding carboxylic acids is 1. The highest BCUT2D eigenvalue weighted by atomic mass is 16.4. The van der Waals surface area contributed by atoms with E-state index in [9.17, 15) is 14.7 Å². The molecule has 1 rings (SSSR count). The Bertz CT molecular complexity index is 351. The van der Waals surface area contributed by atoms with E-state index in [1.165, 1.54) is 25.7 Å². The Morgan fingerprint density at radius 3 is 2.29 bits per heavy atom. The van der Waals surface area contributed by atoms with Crippen molar-refractivity contribution >= 4 is 12.0 Å². The Morgan fingerprint density at radius 2 is 1.81 bits per heavy atom. The molecule has 2 amide bonds. The van der Waals surface area contributed by atoms with Gasteiger partial charge in [0.25, 0.3) is 0 Å². The van der Waals surface area contributed by atoms with E-state index < -0.39 is 11.4 Å². The highest BCUT2D eigenvalue weighted by Crippen LogP contribution is 2.27. The number of urea groups is 1. The van der Waals surface area contributed by atoms with Crippen LogP contribution in [0.15, 0.2) is 0 Å². The zero-order chi connectivity index (χ0) is 15.9. The number of hydrogen-bond acceptors (Lipinski definition) is 2. The minimum Gasteiger partial charge on any atom is -0.481 e. The molecule has 0 heterocycles. The van der Waals surface area contributed by atoms with Gasteiger partial charge < -0.3 is 15.7 Å². The van der Waals surface area contributed by atoms with Crippen LogP contribution >= 0.6 is 0 Å². The summed E-state index contributed by atoms with van der Waals surface area (Å²) in [6, 6.07) is -0.00863. The monoisotopic (exact) mass is 298 g/mol. The maximum atomic E-state index is 11.9. The van der Waals surface area contributed by atoms with E-state index in [0.29, 0.717) is 6.42 Å². The van der Waals surface area contributed by atoms with Gasteiger partial charge in [0.05, 0.1) is 5.41 Å². The summed E-state index contributed by atoms with van der Waals surface area (Å²) >= 11 is 0. The fourth-order valence-electron chi connectivity index (χ4n) is 2.87. The van der Waals surface area contributed by atoms with Crippen LogP contribution < -0.4 is 10.6 Å². The number of carboxylic acids is 1. The lowest BCUT2D eigenvalue weighted by atomic mass is 9.83. The molecule has 3 N–H and O–H groups in total. The van der Waals surface area contributed by atoms with Gasteiger partial charge in [0.1, 0.15) is 0 Å². The Labute approximate surface area is 127 Å². The molecule has 0 bridgehead atoms. The Hall–Kier alpha value is -1.26. The maximum absolute atomic E-state index is 11.9. The van der Waals surface area contributed by atoms with Crippen LogP contribution in [-0.2, 0) is 4.79 Å². The Morgan fingerprint density at radius 1 is 1.19 bits per heavy atom. The number of rotatable bonds is 7. The molecule has 122 valence electrons. The molecule has 0 aliphatic heterocycles. The van der Waals surface area contributed by atoms with E-state index in [-0.39, 0.29) is 18.6 Å². The molecule has 0 aromatic carbocycles. The molecular formula is C16H30N2O3. The summed E-state index contributed by atoms with van der Waals surface area (Å²) in [5, 5.41) is 14.9. The van der Waals surface area contributed by atoms with Crippen molar-refractivity contribution in [3.8, 4) is 0 Å². The molecule has 5 heteroatoms. The summed E-state index contributed by atoms with van der Waals surface area (Å²) in [6.45, 7) is 5.86. The van der Waals surface area contributed by atoms with Gasteiger partial charge in [0.15, 0.2) is 0 Å². The smallest absolute Gasteiger partial charge is 0.315 e. The number of amides is 2. The molecule has 1 saturated carbocycles. The molecular weight excluding hydrogens is 268 g/mol. The average Bonchev–Trinajstić information content (AvgIpc) is 2.47. The van der Waals surface area contributed by atoms with Crippen molar-refractivity contribution in [2.24, 2.45) is 11.3 Å². The zero-order valence-corrected chi connectivity index (χ0v) is 13.6. The number of aliphatic carboxylic acids is 1. The van der Waals surface area contributed by atoms with Gasteiger partial charge in [-0.25, -0.2) is 4.79 Å². The predicted octanol–water partition coefficient (Wildman–Crippen LogP) is 3.15. The van der Waals surface area contributed by atoms with Crippen molar-refractivity contribution in [1.29, 1.82) is 0 Å². The van der Waals surface area contributed by atoms with Gasteiger partial charge in [-0.05, 0) is 44.9 Å². The van der Waals surface area contributed by atoms with E-state index in [2.05, 4.69) is 17.6 Å². The van der Waals surface area contributed by atoms with Gasteiger partial charge in [0.2, 0.25) is 0 Å². The molecule has 5 nitrogen and oxygen atoms in total. The first-order valence-corrected chi connectivity index (χ1v) is 8.19. The summed E-state index contributed by atoms with van der Waals surface area (Å²) in [5.74, 6) is -0.0584. The second-order valence-corrected chi connectivity index (χ2v) is 6.55. The van der Waals surface area contributed by atoms with Crippen LogP contribution in [0.5, 0.6) is 0 Å². The van der Waals surface area contributed by atoms with Crippen LogP contribution in [0, 0.1) is 11.3 Å². The molecule has 0 aromatic heterocycles. The molecule has 1 aliphatic rings. The van der Waals surface area contributed by atoms with E-state index in [1.807, 2.05) is 6.92 Å². The van der Waals surface area contributed by atoms with Crippen LogP contribution in [0.2, 0.25) is 0 Å². The standard InChI is InChI=1S/C16H30N2O3/c1-4-6-12-7-9-13(10-8-12)18-15(21)17-11-16(3,5-2)14(19)20/h12-13H,4-11H2,1-3H3,(H,19,20)(H2,17,18,21). The third kappa shape index (κ3) is 5.56. The van der Waals surface area contributed by atoms with Crippen molar-refractivity contribution in [1.82, 2.24) is 10.6 Å². The molecule has 0 saturated heterocycles. The minimum absolute atomic E-state index is 0.163. The van der Waals surface area contributed by atoms with Gasteiger partial charge >= 0.3 is 12.0 Å². The van der Waals surface area contributed by atoms with Gasteiger partial charge in [-0.15, -0.1) is 0 Å². The van der Waals surface area contributed by atoms with E-state index in [1.54, 1.807) is 6.92 Å². The topological polar surface area (TPSA) is 78.4 Å². The lowest BCUT2D eigenvalue weighted by molar-refractivity contribution is -0.147. The fourth-order valence-corrected chi connectivity index (χ4v) is 2.87. The lowest BCUT2D eigenvalue weighted by Crippen LogP contribution is -2.48. The highest BCUT2D eigenvalue weighted by Gasteiger charge is 2.31. The van der Waals surface area contributed by atoms with Crippen molar-refractivity contribution in [2.45, 2.75) is 71.8 Å². The first-order valence-electron chi connectivity index (χ1n) is 8.19. The summed E-state index contributed by atoms with van der Waals surface area (Å²) in [7, 11) is 0. The predicted molar refractivity (Wildman–Crippen MR) is 83.2 cm³/mol. The Balaban J connectivity index is 2.30. The Kier molecular flexibility index (Phi) is 6.99. The van der Waals surface area contributed by atoms with Gasteiger partial charge in [-0.1, -0.05) is 26.7 Å². The van der Waals surface area contributed by atoms with Crippen LogP contribution in [0.25, 0.3) is 0 Å². The van der Waals surface area contributed by atoms with Crippen molar-refractivity contribution < 1.29 is 14.7 Å². The van der Waals surface area contributed by atoms with E-state index in [4.69, 9.17) is 0 Å². The third-order valence-electron chi connectivity index (χ3n) is 4.81. The number of carbonyl (C=O) groups is 2. The van der Waals surface area contributed by atoms with Crippen LogP contribution in [-0.4, -0.2) is 29.7 Å². The SMILES string of the molecule is CCCC1CCC(NC(=O)NCC(C)(CC)C(=O)O)CC1. The number of carboxylic acid groups (broad SMARTS) is 1. The molecule has 0 radical (unpaired) electrons. The largest absolute Gasteiger partial charge is 0.481 e. The van der Waals surface area contributed by atoms with Crippen LogP contribution in [0.4, 0.5) is 4.79 Å². The van der Waals surface area contributed by atoms with Crippen molar-refractivity contribution in [3.63, 3.8) is 0 Å². The molecule has 21 heavy (non-hydrogen) atoms. The normalized spacial score (nSPS) is 24.9. The van der Waals surface area contributed by atoms with Crippen molar-refractivity contribution in [2.75, 3.05) is 6.54 Å². The van der Waals surface area contributed by atoms with Gasteiger partial charge in [0, 0.05) is 12.6 Å².